The minimum Gasteiger partial charge on any atom is -0.147 e. The molecule has 0 aromatic heterocycles. The van der Waals surface area contributed by atoms with Gasteiger partial charge in [0.05, 0.1) is 0 Å². The fraction of sp³-hybridized carbons (Fsp3) is 0.600. The van der Waals surface area contributed by atoms with Gasteiger partial charge in [0, 0.05) is 0 Å². The van der Waals surface area contributed by atoms with Crippen molar-refractivity contribution in [2.24, 2.45) is 0 Å². The Balaban J connectivity index is 0.00000264. The average Bonchev–Trinajstić information content (AvgIpc) is 3.15. The van der Waals surface area contributed by atoms with Crippen LogP contribution in [0.15, 0.2) is 42.5 Å². The smallest absolute Gasteiger partial charge is 0.147 e. The second kappa shape index (κ2) is 13.8. The molecule has 0 aliphatic heterocycles. The van der Waals surface area contributed by atoms with Gasteiger partial charge in [-0.2, -0.15) is 0 Å². The van der Waals surface area contributed by atoms with E-state index in [2.05, 4.69) is 50.4 Å². The van der Waals surface area contributed by atoms with Crippen LogP contribution in [0.3, 0.4) is 0 Å². The molecule has 0 bridgehead atoms. The minimum atomic E-state index is -1.45. The third kappa shape index (κ3) is 7.90. The number of unbranched alkanes of at least 4 members (excludes halogenated alkanes) is 5. The van der Waals surface area contributed by atoms with E-state index in [1.807, 2.05) is 6.56 Å². The number of allylic oxidation sites excluding steroid dienone is 8. The molecule has 2 rings (SSSR count). The molecule has 0 amide bonds. The molecular formula is C20H34Cl2SiZr. The summed E-state index contributed by atoms with van der Waals surface area (Å²) in [4.78, 5) is 0. The van der Waals surface area contributed by atoms with Crippen molar-refractivity contribution in [1.82, 2.24) is 0 Å². The van der Waals surface area contributed by atoms with E-state index in [9.17, 15) is 0 Å². The second-order valence-corrected chi connectivity index (χ2v) is 24.2. The van der Waals surface area contributed by atoms with Crippen LogP contribution < -0.4 is 0 Å². The first-order valence-electron chi connectivity index (χ1n) is 9.16. The Morgan fingerprint density at radius 3 is 2.29 bits per heavy atom. The molecule has 0 heterocycles. The normalized spacial score (nSPS) is 15.2. The molecule has 0 aromatic rings. The molecule has 0 fully saturated rings. The maximum Gasteiger partial charge on any atom is -0.147 e. The van der Waals surface area contributed by atoms with Gasteiger partial charge < -0.3 is 0 Å². The molecule has 24 heavy (non-hydrogen) atoms. The molecule has 0 radical (unpaired) electrons. The summed E-state index contributed by atoms with van der Waals surface area (Å²) in [5.74, 6) is 0. The van der Waals surface area contributed by atoms with Gasteiger partial charge in [-0.05, 0) is 0 Å². The molecule has 0 nitrogen and oxygen atoms in total. The van der Waals surface area contributed by atoms with Crippen LogP contribution in [0.1, 0.15) is 64.7 Å². The largest absolute Gasteiger partial charge is 0.147 e. The van der Waals surface area contributed by atoms with E-state index in [0.29, 0.717) is 0 Å². The van der Waals surface area contributed by atoms with E-state index in [0.717, 1.165) is 0 Å². The maximum atomic E-state index is 2.64. The molecule has 2 aliphatic carbocycles. The topological polar surface area (TPSA) is 0 Å². The van der Waals surface area contributed by atoms with Crippen molar-refractivity contribution in [3.63, 3.8) is 0 Å². The van der Waals surface area contributed by atoms with Gasteiger partial charge in [0.1, 0.15) is 0 Å². The van der Waals surface area contributed by atoms with E-state index >= 15 is 0 Å². The predicted molar refractivity (Wildman–Crippen MR) is 113 cm³/mol. The first-order valence-corrected chi connectivity index (χ1v) is 17.8. The summed E-state index contributed by atoms with van der Waals surface area (Å²) in [5.41, 5.74) is 1.56. The van der Waals surface area contributed by atoms with Crippen LogP contribution in [-0.4, -0.2) is 5.43 Å². The predicted octanol–water partition coefficient (Wildman–Crippen LogP) is 7.51. The van der Waals surface area contributed by atoms with Crippen molar-refractivity contribution in [1.29, 1.82) is 0 Å². The zero-order valence-electron chi connectivity index (χ0n) is 15.6. The molecule has 2 aliphatic rings. The van der Waals surface area contributed by atoms with E-state index in [1.54, 1.807) is 5.57 Å². The molecule has 0 aromatic carbocycles. The molecule has 4 heteroatoms. The molecule has 0 atom stereocenters. The maximum absolute atomic E-state index is 2.64. The Kier molecular flexibility index (Phi) is 14.2. The van der Waals surface area contributed by atoms with Crippen molar-refractivity contribution in [3.8, 4) is 0 Å². The Morgan fingerprint density at radius 1 is 0.958 bits per heavy atom. The Bertz CT molecular complexity index is 538. The van der Waals surface area contributed by atoms with Crippen molar-refractivity contribution < 1.29 is 20.4 Å². The summed E-state index contributed by atoms with van der Waals surface area (Å²) < 4.78 is 3.76. The van der Waals surface area contributed by atoms with Gasteiger partial charge in [-0.3, -0.25) is 0 Å². The average molecular weight is 465 g/mol. The summed E-state index contributed by atoms with van der Waals surface area (Å²) >= 11 is -1.45. The SMILES string of the molecule is CCCCCCCCC1=CC[C]([Zr]([C]2=CC=CC2)=[Si](C)C)=C1.Cl.Cl. The van der Waals surface area contributed by atoms with Gasteiger partial charge >= 0.3 is 146 Å². The van der Waals surface area contributed by atoms with Crippen LogP contribution >= 0.6 is 24.8 Å². The van der Waals surface area contributed by atoms with E-state index < -0.39 is 20.4 Å². The summed E-state index contributed by atoms with van der Waals surface area (Å²) in [6.45, 7) is 7.42. The van der Waals surface area contributed by atoms with Crippen molar-refractivity contribution in [3.05, 3.63) is 42.5 Å². The fourth-order valence-electron chi connectivity index (χ4n) is 3.52. The van der Waals surface area contributed by atoms with Crippen LogP contribution in [-0.2, 0) is 20.4 Å². The fourth-order valence-corrected chi connectivity index (χ4v) is 20.4. The van der Waals surface area contributed by atoms with Gasteiger partial charge in [-0.15, -0.1) is 24.8 Å². The summed E-state index contributed by atoms with van der Waals surface area (Å²) in [6, 6.07) is 0. The first kappa shape index (κ1) is 24.6. The van der Waals surface area contributed by atoms with E-state index in [4.69, 9.17) is 0 Å². The third-order valence-electron chi connectivity index (χ3n) is 4.68. The first-order chi connectivity index (χ1) is 10.7. The molecule has 136 valence electrons. The van der Waals surface area contributed by atoms with Gasteiger partial charge in [-0.1, -0.05) is 0 Å². The van der Waals surface area contributed by atoms with E-state index in [-0.39, 0.29) is 30.2 Å². The van der Waals surface area contributed by atoms with Crippen LogP contribution in [0.5, 0.6) is 0 Å². The number of hydrogen-bond acceptors (Lipinski definition) is 0. The standard InChI is InChI=1S/C13H21.C5H5.C2H6Si.2ClH.Zr/c1-2-3-4-5-6-7-10-13-11-8-9-12-13;1-2-4-5-3-1;1-3-2;;;/h11-12H,2-8,10H2,1H3;1-3H,4H2;1-2H3;2*1H;. The molecule has 0 saturated heterocycles. The minimum absolute atomic E-state index is 0. The number of rotatable bonds is 9. The summed E-state index contributed by atoms with van der Waals surface area (Å²) in [6.07, 6.45) is 24.7. The van der Waals surface area contributed by atoms with Gasteiger partial charge in [0.25, 0.3) is 0 Å². The zero-order valence-corrected chi connectivity index (χ0v) is 20.7. The summed E-state index contributed by atoms with van der Waals surface area (Å²) in [7, 11) is 0. The monoisotopic (exact) mass is 462 g/mol. The quantitative estimate of drug-likeness (QED) is 0.245. The molecule has 0 unspecified atom stereocenters. The van der Waals surface area contributed by atoms with Crippen molar-refractivity contribution in [2.45, 2.75) is 77.8 Å². The van der Waals surface area contributed by atoms with Gasteiger partial charge in [0.15, 0.2) is 0 Å². The third-order valence-corrected chi connectivity index (χ3v) is 21.8. The number of halogens is 2. The molecule has 0 N–H and O–H groups in total. The van der Waals surface area contributed by atoms with Gasteiger partial charge in [0.2, 0.25) is 0 Å². The van der Waals surface area contributed by atoms with Crippen molar-refractivity contribution in [2.75, 3.05) is 0 Å². The Hall–Kier alpha value is 0.640. The molecule has 0 saturated carbocycles. The van der Waals surface area contributed by atoms with Crippen LogP contribution in [0.2, 0.25) is 13.1 Å². The van der Waals surface area contributed by atoms with Crippen LogP contribution in [0.4, 0.5) is 0 Å². The zero-order chi connectivity index (χ0) is 15.8. The molecule has 0 spiro atoms. The molecular weight excluding hydrogens is 430 g/mol. The Labute approximate surface area is 170 Å². The Morgan fingerprint density at radius 2 is 1.67 bits per heavy atom. The van der Waals surface area contributed by atoms with Crippen LogP contribution in [0.25, 0.3) is 0 Å². The van der Waals surface area contributed by atoms with Crippen LogP contribution in [0, 0.1) is 0 Å². The second-order valence-electron chi connectivity index (χ2n) is 6.87. The van der Waals surface area contributed by atoms with Crippen molar-refractivity contribution >= 4 is 30.2 Å². The van der Waals surface area contributed by atoms with E-state index in [1.165, 1.54) is 57.8 Å². The number of hydrogen-bond donors (Lipinski definition) is 0. The van der Waals surface area contributed by atoms with Gasteiger partial charge in [-0.25, -0.2) is 0 Å². The summed E-state index contributed by atoms with van der Waals surface area (Å²) in [5, 5.41) is 0.